The van der Waals surface area contributed by atoms with Gasteiger partial charge in [-0.2, -0.15) is 5.10 Å². The summed E-state index contributed by atoms with van der Waals surface area (Å²) in [6, 6.07) is 0.388. The number of hydrogen-bond acceptors (Lipinski definition) is 4. The Kier molecular flexibility index (Phi) is 3.16. The first-order valence-electron chi connectivity index (χ1n) is 5.24. The zero-order chi connectivity index (χ0) is 11.7. The first-order valence-corrected chi connectivity index (χ1v) is 5.62. The van der Waals surface area contributed by atoms with Crippen LogP contribution in [-0.2, 0) is 7.05 Å². The molecular formula is C10H14ClN3O2. The molecular weight excluding hydrogens is 230 g/mol. The molecule has 0 bridgehead atoms. The molecule has 0 aliphatic heterocycles. The van der Waals surface area contributed by atoms with Crippen molar-refractivity contribution >= 4 is 17.3 Å². The number of aliphatic hydroxyl groups excluding tert-OH is 1. The Labute approximate surface area is 98.3 Å². The van der Waals surface area contributed by atoms with Gasteiger partial charge in [0, 0.05) is 19.6 Å². The van der Waals surface area contributed by atoms with E-state index in [0.29, 0.717) is 18.3 Å². The SMILES string of the molecule is Cn1ncc(N(CCO)C2CC2)c(Cl)c1=O. The number of aryl methyl sites for hydroxylation is 1. The minimum atomic E-state index is -0.303. The summed E-state index contributed by atoms with van der Waals surface area (Å²) in [6.07, 6.45) is 3.73. The highest BCUT2D eigenvalue weighted by Crippen LogP contribution is 2.33. The van der Waals surface area contributed by atoms with Gasteiger partial charge in [0.1, 0.15) is 5.02 Å². The van der Waals surface area contributed by atoms with Crippen LogP contribution in [0.25, 0.3) is 0 Å². The Morgan fingerprint density at radius 1 is 1.69 bits per heavy atom. The maximum atomic E-state index is 11.6. The molecule has 6 heteroatoms. The van der Waals surface area contributed by atoms with E-state index in [2.05, 4.69) is 5.10 Å². The molecule has 0 radical (unpaired) electrons. The average molecular weight is 244 g/mol. The van der Waals surface area contributed by atoms with Gasteiger partial charge in [0.2, 0.25) is 0 Å². The van der Waals surface area contributed by atoms with Crippen LogP contribution in [0.4, 0.5) is 5.69 Å². The van der Waals surface area contributed by atoms with Crippen molar-refractivity contribution in [2.24, 2.45) is 7.05 Å². The third-order valence-corrected chi connectivity index (χ3v) is 3.05. The van der Waals surface area contributed by atoms with Crippen LogP contribution in [0, 0.1) is 0 Å². The molecule has 1 fully saturated rings. The maximum Gasteiger partial charge on any atom is 0.287 e. The molecule has 2 rings (SSSR count). The van der Waals surface area contributed by atoms with Crippen molar-refractivity contribution < 1.29 is 5.11 Å². The van der Waals surface area contributed by atoms with Gasteiger partial charge in [-0.15, -0.1) is 0 Å². The fourth-order valence-electron chi connectivity index (χ4n) is 1.70. The Bertz CT molecular complexity index is 442. The first-order chi connectivity index (χ1) is 7.65. The Morgan fingerprint density at radius 3 is 2.94 bits per heavy atom. The number of rotatable bonds is 4. The van der Waals surface area contributed by atoms with Gasteiger partial charge in [0.15, 0.2) is 0 Å². The van der Waals surface area contributed by atoms with Crippen molar-refractivity contribution in [2.75, 3.05) is 18.1 Å². The van der Waals surface area contributed by atoms with Crippen LogP contribution < -0.4 is 10.5 Å². The van der Waals surface area contributed by atoms with Crippen molar-refractivity contribution in [2.45, 2.75) is 18.9 Å². The molecule has 1 heterocycles. The fraction of sp³-hybridized carbons (Fsp3) is 0.600. The Morgan fingerprint density at radius 2 is 2.38 bits per heavy atom. The summed E-state index contributed by atoms with van der Waals surface area (Å²) in [5.41, 5.74) is 0.323. The summed E-state index contributed by atoms with van der Waals surface area (Å²) < 4.78 is 1.20. The van der Waals surface area contributed by atoms with Crippen molar-refractivity contribution in [3.05, 3.63) is 21.6 Å². The minimum absolute atomic E-state index is 0.0437. The molecule has 0 unspecified atom stereocenters. The van der Waals surface area contributed by atoms with E-state index in [1.807, 2.05) is 4.90 Å². The number of nitrogens with zero attached hydrogens (tertiary/aromatic N) is 3. The predicted octanol–water partition coefficient (Wildman–Crippen LogP) is 0.395. The van der Waals surface area contributed by atoms with E-state index in [9.17, 15) is 4.79 Å². The molecule has 1 aliphatic rings. The third kappa shape index (κ3) is 2.05. The highest BCUT2D eigenvalue weighted by molar-refractivity contribution is 6.33. The van der Waals surface area contributed by atoms with E-state index in [0.717, 1.165) is 12.8 Å². The second kappa shape index (κ2) is 4.43. The van der Waals surface area contributed by atoms with Gasteiger partial charge >= 0.3 is 0 Å². The average Bonchev–Trinajstić information content (AvgIpc) is 3.08. The smallest absolute Gasteiger partial charge is 0.287 e. The quantitative estimate of drug-likeness (QED) is 0.832. The normalized spacial score (nSPS) is 15.2. The molecule has 88 valence electrons. The number of halogens is 1. The number of hydrogen-bond donors (Lipinski definition) is 1. The van der Waals surface area contributed by atoms with Crippen LogP contribution in [-0.4, -0.2) is 34.1 Å². The minimum Gasteiger partial charge on any atom is -0.395 e. The monoisotopic (exact) mass is 243 g/mol. The molecule has 1 aliphatic carbocycles. The van der Waals surface area contributed by atoms with Crippen molar-refractivity contribution in [3.8, 4) is 0 Å². The lowest BCUT2D eigenvalue weighted by atomic mass is 10.3. The van der Waals surface area contributed by atoms with Gasteiger partial charge < -0.3 is 10.0 Å². The van der Waals surface area contributed by atoms with Crippen molar-refractivity contribution in [3.63, 3.8) is 0 Å². The standard InChI is InChI=1S/C10H14ClN3O2/c1-13-10(16)9(11)8(6-12-13)14(4-5-15)7-2-3-7/h6-7,15H,2-5H2,1H3. The summed E-state index contributed by atoms with van der Waals surface area (Å²) in [4.78, 5) is 13.6. The summed E-state index contributed by atoms with van der Waals surface area (Å²) in [5, 5.41) is 13.1. The summed E-state index contributed by atoms with van der Waals surface area (Å²) in [6.45, 7) is 0.529. The molecule has 0 spiro atoms. The molecule has 0 atom stereocenters. The van der Waals surface area contributed by atoms with E-state index in [1.165, 1.54) is 4.68 Å². The fourth-order valence-corrected chi connectivity index (χ4v) is 1.98. The Hall–Kier alpha value is -1.07. The summed E-state index contributed by atoms with van der Waals surface area (Å²) >= 11 is 6.00. The molecule has 1 aromatic heterocycles. The van der Waals surface area contributed by atoms with E-state index in [-0.39, 0.29) is 17.2 Å². The zero-order valence-corrected chi connectivity index (χ0v) is 9.81. The predicted molar refractivity (Wildman–Crippen MR) is 61.9 cm³/mol. The molecule has 5 nitrogen and oxygen atoms in total. The second-order valence-electron chi connectivity index (χ2n) is 3.92. The van der Waals surface area contributed by atoms with Gasteiger partial charge in [0.25, 0.3) is 5.56 Å². The lowest BCUT2D eigenvalue weighted by Crippen LogP contribution is -2.32. The number of anilines is 1. The van der Waals surface area contributed by atoms with E-state index in [1.54, 1.807) is 13.2 Å². The largest absolute Gasteiger partial charge is 0.395 e. The molecule has 0 aromatic carbocycles. The first kappa shape index (κ1) is 11.4. The zero-order valence-electron chi connectivity index (χ0n) is 9.06. The third-order valence-electron chi connectivity index (χ3n) is 2.70. The molecule has 1 saturated carbocycles. The van der Waals surface area contributed by atoms with Crippen molar-refractivity contribution in [1.82, 2.24) is 9.78 Å². The van der Waals surface area contributed by atoms with Gasteiger partial charge in [0.05, 0.1) is 18.5 Å². The van der Waals surface area contributed by atoms with Crippen LogP contribution in [0.1, 0.15) is 12.8 Å². The molecule has 0 saturated heterocycles. The topological polar surface area (TPSA) is 58.4 Å². The molecule has 0 amide bonds. The lowest BCUT2D eigenvalue weighted by molar-refractivity contribution is 0.301. The van der Waals surface area contributed by atoms with E-state index >= 15 is 0 Å². The van der Waals surface area contributed by atoms with Gasteiger partial charge in [-0.05, 0) is 12.8 Å². The lowest BCUT2D eigenvalue weighted by Gasteiger charge is -2.24. The van der Waals surface area contributed by atoms with Crippen LogP contribution in [0.5, 0.6) is 0 Å². The number of aliphatic hydroxyl groups is 1. The van der Waals surface area contributed by atoms with Crippen LogP contribution in [0.2, 0.25) is 5.02 Å². The maximum absolute atomic E-state index is 11.6. The second-order valence-corrected chi connectivity index (χ2v) is 4.30. The van der Waals surface area contributed by atoms with Crippen LogP contribution >= 0.6 is 11.6 Å². The number of aromatic nitrogens is 2. The van der Waals surface area contributed by atoms with Gasteiger partial charge in [-0.3, -0.25) is 4.79 Å². The van der Waals surface area contributed by atoms with Gasteiger partial charge in [-0.25, -0.2) is 4.68 Å². The highest BCUT2D eigenvalue weighted by atomic mass is 35.5. The molecule has 16 heavy (non-hydrogen) atoms. The van der Waals surface area contributed by atoms with E-state index in [4.69, 9.17) is 16.7 Å². The Balaban J connectivity index is 2.37. The highest BCUT2D eigenvalue weighted by Gasteiger charge is 2.30. The van der Waals surface area contributed by atoms with Crippen LogP contribution in [0.15, 0.2) is 11.0 Å². The van der Waals surface area contributed by atoms with Gasteiger partial charge in [-0.1, -0.05) is 11.6 Å². The molecule has 1 N–H and O–H groups in total. The molecule has 1 aromatic rings. The summed E-state index contributed by atoms with van der Waals surface area (Å²) in [5.74, 6) is 0. The summed E-state index contributed by atoms with van der Waals surface area (Å²) in [7, 11) is 1.56. The van der Waals surface area contributed by atoms with Crippen molar-refractivity contribution in [1.29, 1.82) is 0 Å². The van der Waals surface area contributed by atoms with Crippen LogP contribution in [0.3, 0.4) is 0 Å². The van der Waals surface area contributed by atoms with E-state index < -0.39 is 0 Å².